The van der Waals surface area contributed by atoms with Crippen LogP contribution in [0.25, 0.3) is 0 Å². The van der Waals surface area contributed by atoms with E-state index in [0.717, 1.165) is 5.56 Å². The largest absolute Gasteiger partial charge is 0.494 e. The van der Waals surface area contributed by atoms with Crippen molar-refractivity contribution in [2.24, 2.45) is 0 Å². The highest BCUT2D eigenvalue weighted by Crippen LogP contribution is 2.28. The lowest BCUT2D eigenvalue weighted by atomic mass is 9.97. The Morgan fingerprint density at radius 2 is 2.05 bits per heavy atom. The van der Waals surface area contributed by atoms with Crippen LogP contribution >= 0.6 is 11.6 Å². The van der Waals surface area contributed by atoms with Crippen molar-refractivity contribution in [1.82, 2.24) is 0 Å². The van der Waals surface area contributed by atoms with Crippen LogP contribution in [0.3, 0.4) is 0 Å². The molecule has 0 spiro atoms. The third-order valence-electron chi connectivity index (χ3n) is 3.28. The number of hydrogen-bond acceptors (Lipinski definition) is 2. The van der Waals surface area contributed by atoms with Crippen molar-refractivity contribution >= 4 is 11.6 Å². The number of halogens is 2. The summed E-state index contributed by atoms with van der Waals surface area (Å²) in [5.41, 5.74) is 2.04. The molecule has 106 valence electrons. The van der Waals surface area contributed by atoms with E-state index in [1.54, 1.807) is 30.3 Å². The summed E-state index contributed by atoms with van der Waals surface area (Å²) in [4.78, 5) is 0. The fourth-order valence-corrected chi connectivity index (χ4v) is 2.34. The smallest absolute Gasteiger partial charge is 0.168 e. The van der Waals surface area contributed by atoms with Gasteiger partial charge < -0.3 is 9.84 Å². The van der Waals surface area contributed by atoms with E-state index in [-0.39, 0.29) is 12.2 Å². The molecule has 0 saturated carbocycles. The molecule has 4 heteroatoms. The Hall–Kier alpha value is -1.58. The Morgan fingerprint density at radius 3 is 2.75 bits per heavy atom. The number of rotatable bonds is 4. The second-order valence-electron chi connectivity index (χ2n) is 4.65. The predicted molar refractivity (Wildman–Crippen MR) is 77.8 cm³/mol. The Morgan fingerprint density at radius 1 is 1.30 bits per heavy atom. The van der Waals surface area contributed by atoms with Crippen LogP contribution < -0.4 is 4.74 Å². The fraction of sp³-hybridized carbons (Fsp3) is 0.250. The van der Waals surface area contributed by atoms with Gasteiger partial charge in [-0.2, -0.15) is 0 Å². The summed E-state index contributed by atoms with van der Waals surface area (Å²) in [5, 5.41) is 10.9. The molecule has 0 aliphatic heterocycles. The molecule has 1 N–H and O–H groups in total. The maximum Gasteiger partial charge on any atom is 0.168 e. The minimum absolute atomic E-state index is 0.171. The number of hydrogen-bond donors (Lipinski definition) is 1. The first kappa shape index (κ1) is 14.8. The average molecular weight is 295 g/mol. The molecule has 2 aromatic carbocycles. The molecule has 0 radical (unpaired) electrons. The van der Waals surface area contributed by atoms with Crippen molar-refractivity contribution in [3.05, 3.63) is 63.9 Å². The van der Waals surface area contributed by atoms with Crippen LogP contribution in [0.5, 0.6) is 5.75 Å². The molecule has 0 aliphatic carbocycles. The van der Waals surface area contributed by atoms with E-state index in [4.69, 9.17) is 16.3 Å². The third-order valence-corrected chi connectivity index (χ3v) is 3.51. The number of benzene rings is 2. The van der Waals surface area contributed by atoms with Crippen molar-refractivity contribution in [2.75, 3.05) is 7.11 Å². The van der Waals surface area contributed by atoms with Crippen molar-refractivity contribution in [3.63, 3.8) is 0 Å². The van der Waals surface area contributed by atoms with E-state index in [1.807, 2.05) is 13.0 Å². The van der Waals surface area contributed by atoms with Gasteiger partial charge in [-0.25, -0.2) is 4.39 Å². The highest BCUT2D eigenvalue weighted by Gasteiger charge is 2.16. The van der Waals surface area contributed by atoms with Crippen molar-refractivity contribution < 1.29 is 14.2 Å². The molecule has 2 aromatic rings. The molecule has 0 bridgehead atoms. The zero-order valence-corrected chi connectivity index (χ0v) is 12.1. The molecule has 1 unspecified atom stereocenters. The van der Waals surface area contributed by atoms with Crippen molar-refractivity contribution in [2.45, 2.75) is 19.4 Å². The van der Waals surface area contributed by atoms with Gasteiger partial charge in [-0.05, 0) is 41.8 Å². The van der Waals surface area contributed by atoms with Gasteiger partial charge in [0.2, 0.25) is 0 Å². The standard InChI is InChI=1S/C16H16ClFO2/c1-10-6-7-12(17)9-13(10)14(19)8-11-4-3-5-15(20-2)16(11)18/h3-7,9,14,19H,8H2,1-2H3. The second-order valence-corrected chi connectivity index (χ2v) is 5.09. The first-order chi connectivity index (χ1) is 9.52. The van der Waals surface area contributed by atoms with E-state index in [2.05, 4.69) is 0 Å². The summed E-state index contributed by atoms with van der Waals surface area (Å²) in [7, 11) is 1.42. The topological polar surface area (TPSA) is 29.5 Å². The number of methoxy groups -OCH3 is 1. The lowest BCUT2D eigenvalue weighted by Gasteiger charge is -2.15. The first-order valence-corrected chi connectivity index (χ1v) is 6.66. The molecule has 0 saturated heterocycles. The van der Waals surface area contributed by atoms with Gasteiger partial charge in [0.25, 0.3) is 0 Å². The van der Waals surface area contributed by atoms with Gasteiger partial charge >= 0.3 is 0 Å². The van der Waals surface area contributed by atoms with Crippen LogP contribution in [0.15, 0.2) is 36.4 Å². The van der Waals surface area contributed by atoms with E-state index in [0.29, 0.717) is 16.1 Å². The maximum absolute atomic E-state index is 14.1. The summed E-state index contributed by atoms with van der Waals surface area (Å²) in [6.45, 7) is 1.89. The van der Waals surface area contributed by atoms with E-state index < -0.39 is 11.9 Å². The molecule has 20 heavy (non-hydrogen) atoms. The minimum atomic E-state index is -0.810. The van der Waals surface area contributed by atoms with Crippen LogP contribution in [0.2, 0.25) is 5.02 Å². The molecule has 0 aliphatic rings. The van der Waals surface area contributed by atoms with Crippen LogP contribution in [0.4, 0.5) is 4.39 Å². The summed E-state index contributed by atoms with van der Waals surface area (Å²) < 4.78 is 19.0. The monoisotopic (exact) mass is 294 g/mol. The zero-order chi connectivity index (χ0) is 14.7. The van der Waals surface area contributed by atoms with Crippen LogP contribution in [0, 0.1) is 12.7 Å². The number of aliphatic hydroxyl groups excluding tert-OH is 1. The van der Waals surface area contributed by atoms with Gasteiger partial charge in [0.1, 0.15) is 0 Å². The summed E-state index contributed by atoms with van der Waals surface area (Å²) >= 11 is 5.94. The Kier molecular flexibility index (Phi) is 4.63. The Balaban J connectivity index is 2.28. The summed E-state index contributed by atoms with van der Waals surface area (Å²) in [6.07, 6.45) is -0.639. The van der Waals surface area contributed by atoms with E-state index >= 15 is 0 Å². The summed E-state index contributed by atoms with van der Waals surface area (Å²) in [5.74, 6) is -0.258. The highest BCUT2D eigenvalue weighted by atomic mass is 35.5. The quantitative estimate of drug-likeness (QED) is 0.921. The third kappa shape index (κ3) is 3.11. The van der Waals surface area contributed by atoms with Crippen molar-refractivity contribution in [1.29, 1.82) is 0 Å². The lowest BCUT2D eigenvalue weighted by Crippen LogP contribution is -2.06. The minimum Gasteiger partial charge on any atom is -0.494 e. The second kappa shape index (κ2) is 6.25. The van der Waals surface area contributed by atoms with Gasteiger partial charge in [-0.15, -0.1) is 0 Å². The molecule has 0 fully saturated rings. The molecular weight excluding hydrogens is 279 g/mol. The molecular formula is C16H16ClFO2. The van der Waals surface area contributed by atoms with E-state index in [1.165, 1.54) is 7.11 Å². The van der Waals surface area contributed by atoms with E-state index in [9.17, 15) is 9.50 Å². The number of aryl methyl sites for hydroxylation is 1. The van der Waals surface area contributed by atoms with Crippen molar-refractivity contribution in [3.8, 4) is 5.75 Å². The van der Waals surface area contributed by atoms with Gasteiger partial charge in [0, 0.05) is 11.4 Å². The molecule has 0 amide bonds. The number of ether oxygens (including phenoxy) is 1. The summed E-state index contributed by atoms with van der Waals surface area (Å²) in [6, 6.07) is 10.2. The predicted octanol–water partition coefficient (Wildman–Crippen LogP) is 4.07. The SMILES string of the molecule is COc1cccc(CC(O)c2cc(Cl)ccc2C)c1F. The van der Waals surface area contributed by atoms with Gasteiger partial charge in [-0.3, -0.25) is 0 Å². The Bertz CT molecular complexity index is 613. The average Bonchev–Trinajstić information content (AvgIpc) is 2.43. The van der Waals surface area contributed by atoms with Crippen LogP contribution in [-0.2, 0) is 6.42 Å². The van der Waals surface area contributed by atoms with Crippen LogP contribution in [-0.4, -0.2) is 12.2 Å². The molecule has 0 heterocycles. The zero-order valence-electron chi connectivity index (χ0n) is 11.4. The lowest BCUT2D eigenvalue weighted by molar-refractivity contribution is 0.176. The first-order valence-electron chi connectivity index (χ1n) is 6.28. The highest BCUT2D eigenvalue weighted by molar-refractivity contribution is 6.30. The Labute approximate surface area is 122 Å². The van der Waals surface area contributed by atoms with Crippen LogP contribution in [0.1, 0.15) is 22.8 Å². The van der Waals surface area contributed by atoms with Gasteiger partial charge in [0.05, 0.1) is 13.2 Å². The fourth-order valence-electron chi connectivity index (χ4n) is 2.16. The maximum atomic E-state index is 14.1. The molecule has 0 aromatic heterocycles. The number of aliphatic hydroxyl groups is 1. The van der Waals surface area contributed by atoms with Gasteiger partial charge in [-0.1, -0.05) is 29.8 Å². The molecule has 2 nitrogen and oxygen atoms in total. The normalized spacial score (nSPS) is 12.2. The molecule has 2 rings (SSSR count). The molecule has 1 atom stereocenters. The van der Waals surface area contributed by atoms with Gasteiger partial charge in [0.15, 0.2) is 11.6 Å².